The summed E-state index contributed by atoms with van der Waals surface area (Å²) in [5, 5.41) is 0.942. The van der Waals surface area contributed by atoms with Crippen LogP contribution in [0.5, 0.6) is 0 Å². The Bertz CT molecular complexity index is 1090. The number of para-hydroxylation sites is 1. The van der Waals surface area contributed by atoms with Gasteiger partial charge in [-0.15, -0.1) is 0 Å². The fraction of sp³-hybridized carbons (Fsp3) is 0.250. The van der Waals surface area contributed by atoms with E-state index in [9.17, 15) is 13.2 Å². The van der Waals surface area contributed by atoms with Crippen LogP contribution in [-0.2, 0) is 26.0 Å². The molecule has 3 rings (SSSR count). The molecule has 142 valence electrons. The Balaban J connectivity index is 1.92. The summed E-state index contributed by atoms with van der Waals surface area (Å²) in [6.45, 7) is 3.62. The smallest absolute Gasteiger partial charge is 0.324 e. The quantitative estimate of drug-likeness (QED) is 0.638. The third-order valence-electron chi connectivity index (χ3n) is 4.50. The number of ether oxygens (including phenoxy) is 1. The Labute approximate surface area is 158 Å². The number of benzene rings is 2. The number of aromatic nitrogens is 1. The van der Waals surface area contributed by atoms with Crippen LogP contribution in [0.1, 0.15) is 16.7 Å². The summed E-state index contributed by atoms with van der Waals surface area (Å²) >= 11 is 0. The van der Waals surface area contributed by atoms with Gasteiger partial charge >= 0.3 is 5.97 Å². The summed E-state index contributed by atoms with van der Waals surface area (Å²) in [6.07, 6.45) is 1.97. The molecule has 2 aromatic carbocycles. The largest absolute Gasteiger partial charge is 0.468 e. The number of aryl methyl sites for hydroxylation is 2. The van der Waals surface area contributed by atoms with E-state index >= 15 is 0 Å². The number of carbonyl (C=O) groups is 1. The number of hydrogen-bond donors (Lipinski definition) is 2. The highest BCUT2D eigenvalue weighted by Gasteiger charge is 2.28. The molecule has 0 unspecified atom stereocenters. The van der Waals surface area contributed by atoms with Gasteiger partial charge in [0.25, 0.3) is 0 Å². The van der Waals surface area contributed by atoms with Gasteiger partial charge in [0.2, 0.25) is 10.0 Å². The van der Waals surface area contributed by atoms with E-state index in [1.807, 2.05) is 31.2 Å². The Hall–Kier alpha value is -2.64. The number of sulfonamides is 1. The zero-order chi connectivity index (χ0) is 19.6. The van der Waals surface area contributed by atoms with E-state index in [-0.39, 0.29) is 11.3 Å². The van der Waals surface area contributed by atoms with Crippen molar-refractivity contribution in [2.75, 3.05) is 7.11 Å². The molecule has 0 fully saturated rings. The minimum Gasteiger partial charge on any atom is -0.468 e. The highest BCUT2D eigenvalue weighted by Crippen LogP contribution is 2.21. The Kier molecular flexibility index (Phi) is 5.34. The van der Waals surface area contributed by atoms with Gasteiger partial charge in [0.15, 0.2) is 0 Å². The molecule has 0 aliphatic rings. The van der Waals surface area contributed by atoms with Gasteiger partial charge in [-0.2, -0.15) is 4.72 Å². The van der Waals surface area contributed by atoms with Crippen LogP contribution in [0.15, 0.2) is 53.6 Å². The molecule has 0 bridgehead atoms. The van der Waals surface area contributed by atoms with Crippen LogP contribution in [0.4, 0.5) is 0 Å². The molecule has 0 amide bonds. The first kappa shape index (κ1) is 19.1. The molecule has 27 heavy (non-hydrogen) atoms. The number of methoxy groups -OCH3 is 1. The maximum absolute atomic E-state index is 12.9. The van der Waals surface area contributed by atoms with E-state index in [0.29, 0.717) is 5.56 Å². The highest BCUT2D eigenvalue weighted by atomic mass is 32.2. The summed E-state index contributed by atoms with van der Waals surface area (Å²) in [7, 11) is -2.63. The van der Waals surface area contributed by atoms with E-state index in [1.165, 1.54) is 7.11 Å². The molecule has 2 N–H and O–H groups in total. The van der Waals surface area contributed by atoms with Crippen molar-refractivity contribution in [1.82, 2.24) is 9.71 Å². The van der Waals surface area contributed by atoms with Crippen molar-refractivity contribution in [3.05, 3.63) is 65.4 Å². The van der Waals surface area contributed by atoms with Gasteiger partial charge in [0.05, 0.1) is 12.0 Å². The zero-order valence-corrected chi connectivity index (χ0v) is 16.3. The molecule has 0 saturated carbocycles. The second-order valence-corrected chi connectivity index (χ2v) is 8.21. The second kappa shape index (κ2) is 7.54. The molecular formula is C20H22N2O4S. The van der Waals surface area contributed by atoms with Crippen molar-refractivity contribution < 1.29 is 17.9 Å². The topological polar surface area (TPSA) is 88.3 Å². The first-order valence-electron chi connectivity index (χ1n) is 8.54. The first-order valence-corrected chi connectivity index (χ1v) is 10.0. The Morgan fingerprint density at radius 3 is 2.63 bits per heavy atom. The number of carbonyl (C=O) groups excluding carboxylic acids is 1. The zero-order valence-electron chi connectivity index (χ0n) is 15.4. The van der Waals surface area contributed by atoms with Crippen LogP contribution in [0, 0.1) is 13.8 Å². The number of rotatable bonds is 6. The first-order chi connectivity index (χ1) is 12.8. The van der Waals surface area contributed by atoms with Gasteiger partial charge in [-0.3, -0.25) is 4.79 Å². The average Bonchev–Trinajstić information content (AvgIpc) is 3.03. The normalized spacial score (nSPS) is 12.9. The van der Waals surface area contributed by atoms with E-state index in [1.54, 1.807) is 31.3 Å². The molecule has 0 aliphatic carbocycles. The maximum Gasteiger partial charge on any atom is 0.324 e. The molecule has 1 aromatic heterocycles. The van der Waals surface area contributed by atoms with Crippen molar-refractivity contribution in [3.8, 4) is 0 Å². The predicted molar refractivity (Wildman–Crippen MR) is 104 cm³/mol. The predicted octanol–water partition coefficient (Wildman–Crippen LogP) is 2.85. The van der Waals surface area contributed by atoms with Crippen molar-refractivity contribution >= 4 is 26.9 Å². The number of esters is 1. The summed E-state index contributed by atoms with van der Waals surface area (Å²) in [6, 6.07) is 11.7. The third-order valence-corrected chi connectivity index (χ3v) is 6.13. The van der Waals surface area contributed by atoms with Gasteiger partial charge in [0, 0.05) is 23.5 Å². The Morgan fingerprint density at radius 2 is 1.93 bits per heavy atom. The van der Waals surface area contributed by atoms with Crippen LogP contribution in [0.3, 0.4) is 0 Å². The molecule has 1 heterocycles. The van der Waals surface area contributed by atoms with Crippen molar-refractivity contribution in [1.29, 1.82) is 0 Å². The lowest BCUT2D eigenvalue weighted by Gasteiger charge is -2.17. The fourth-order valence-electron chi connectivity index (χ4n) is 3.19. The molecule has 0 radical (unpaired) electrons. The number of nitrogens with one attached hydrogen (secondary N) is 2. The molecule has 0 saturated heterocycles. The summed E-state index contributed by atoms with van der Waals surface area (Å²) in [5.41, 5.74) is 3.35. The number of hydrogen-bond acceptors (Lipinski definition) is 4. The summed E-state index contributed by atoms with van der Waals surface area (Å²) in [5.74, 6) is -0.631. The monoisotopic (exact) mass is 386 g/mol. The van der Waals surface area contributed by atoms with Crippen molar-refractivity contribution in [3.63, 3.8) is 0 Å². The van der Waals surface area contributed by atoms with Crippen molar-refractivity contribution in [2.45, 2.75) is 31.2 Å². The van der Waals surface area contributed by atoms with Gasteiger partial charge < -0.3 is 9.72 Å². The molecule has 0 spiro atoms. The third kappa shape index (κ3) is 4.04. The van der Waals surface area contributed by atoms with Crippen LogP contribution in [-0.4, -0.2) is 32.5 Å². The lowest BCUT2D eigenvalue weighted by Crippen LogP contribution is -2.43. The fourth-order valence-corrected chi connectivity index (χ4v) is 4.60. The molecule has 3 aromatic rings. The molecule has 6 nitrogen and oxygen atoms in total. The summed E-state index contributed by atoms with van der Waals surface area (Å²) < 4.78 is 33.1. The Morgan fingerprint density at radius 1 is 1.19 bits per heavy atom. The van der Waals surface area contributed by atoms with Crippen LogP contribution in [0.2, 0.25) is 0 Å². The van der Waals surface area contributed by atoms with Crippen LogP contribution < -0.4 is 4.72 Å². The van der Waals surface area contributed by atoms with Crippen LogP contribution in [0.25, 0.3) is 10.9 Å². The van der Waals surface area contributed by atoms with Gasteiger partial charge in [-0.1, -0.05) is 35.9 Å². The van der Waals surface area contributed by atoms with Crippen LogP contribution >= 0.6 is 0 Å². The van der Waals surface area contributed by atoms with Gasteiger partial charge in [0.1, 0.15) is 6.04 Å². The lowest BCUT2D eigenvalue weighted by atomic mass is 10.1. The van der Waals surface area contributed by atoms with Crippen molar-refractivity contribution in [2.24, 2.45) is 0 Å². The molecule has 0 aliphatic heterocycles. The molecular weight excluding hydrogens is 364 g/mol. The minimum atomic E-state index is -3.88. The maximum atomic E-state index is 12.9. The number of H-pyrrole nitrogens is 1. The van der Waals surface area contributed by atoms with E-state index in [4.69, 9.17) is 4.74 Å². The average molecular weight is 386 g/mol. The van der Waals surface area contributed by atoms with E-state index in [0.717, 1.165) is 22.0 Å². The highest BCUT2D eigenvalue weighted by molar-refractivity contribution is 7.89. The van der Waals surface area contributed by atoms with Gasteiger partial charge in [-0.05, 0) is 37.1 Å². The minimum absolute atomic E-state index is 0.154. The SMILES string of the molecule is COC(=O)[C@H](Cc1c[nH]c2ccccc12)NS(=O)(=O)c1ccc(C)cc1C. The molecule has 1 atom stereocenters. The number of fused-ring (bicyclic) bond motifs is 1. The second-order valence-electron chi connectivity index (χ2n) is 6.53. The molecule has 7 heteroatoms. The number of aromatic amines is 1. The summed E-state index contributed by atoms with van der Waals surface area (Å²) in [4.78, 5) is 15.5. The lowest BCUT2D eigenvalue weighted by molar-refractivity contribution is -0.142. The van der Waals surface area contributed by atoms with E-state index < -0.39 is 22.0 Å². The standard InChI is InChI=1S/C20H22N2O4S/c1-13-8-9-19(14(2)10-13)27(24,25)22-18(20(23)26-3)11-15-12-21-17-7-5-4-6-16(15)17/h4-10,12,18,21-22H,11H2,1-3H3/t18-/m0/s1. The van der Waals surface area contributed by atoms with Gasteiger partial charge in [-0.25, -0.2) is 8.42 Å². The van der Waals surface area contributed by atoms with E-state index in [2.05, 4.69) is 9.71 Å².